The van der Waals surface area contributed by atoms with Gasteiger partial charge < -0.3 is 14.4 Å². The molecule has 2 aliphatic heterocycles. The van der Waals surface area contributed by atoms with E-state index < -0.39 is 0 Å². The van der Waals surface area contributed by atoms with Gasteiger partial charge in [-0.15, -0.1) is 0 Å². The van der Waals surface area contributed by atoms with Crippen molar-refractivity contribution in [3.8, 4) is 0 Å². The van der Waals surface area contributed by atoms with Crippen molar-refractivity contribution in [2.75, 3.05) is 25.1 Å². The van der Waals surface area contributed by atoms with Gasteiger partial charge in [-0.25, -0.2) is 0 Å². The first-order valence-corrected chi connectivity index (χ1v) is 6.94. The van der Waals surface area contributed by atoms with Crippen molar-refractivity contribution >= 4 is 21.8 Å². The molecule has 0 spiro atoms. The average molecular weight is 292 g/mol. The maximum Gasteiger partial charge on any atom is 0.252 e. The zero-order valence-corrected chi connectivity index (χ0v) is 11.1. The number of amides is 1. The largest absolute Gasteiger partial charge is 0.377 e. The van der Waals surface area contributed by atoms with E-state index >= 15 is 0 Å². The number of halogens is 1. The van der Waals surface area contributed by atoms with Gasteiger partial charge in [-0.3, -0.25) is 4.79 Å². The van der Waals surface area contributed by atoms with E-state index in [0.717, 1.165) is 18.2 Å². The predicted octanol–water partition coefficient (Wildman–Crippen LogP) is 1.18. The molecule has 0 bridgehead atoms. The molecule has 0 aromatic rings. The van der Waals surface area contributed by atoms with Crippen LogP contribution in [0, 0.1) is 0 Å². The number of morpholine rings is 1. The highest BCUT2D eigenvalue weighted by molar-refractivity contribution is 9.09. The van der Waals surface area contributed by atoms with Crippen molar-refractivity contribution in [1.29, 1.82) is 0 Å². The Morgan fingerprint density at radius 1 is 1.50 bits per heavy atom. The Labute approximate surface area is 104 Å². The Bertz CT molecular complexity index is 262. The maximum absolute atomic E-state index is 12.2. The fraction of sp³-hybridized carbons (Fsp3) is 0.909. The summed E-state index contributed by atoms with van der Waals surface area (Å²) in [6, 6.07) is 0.153. The lowest BCUT2D eigenvalue weighted by Gasteiger charge is -2.36. The third kappa shape index (κ3) is 2.57. The summed E-state index contributed by atoms with van der Waals surface area (Å²) in [4.78, 5) is 14.1. The Morgan fingerprint density at radius 2 is 2.31 bits per heavy atom. The first kappa shape index (κ1) is 12.3. The average Bonchev–Trinajstić information content (AvgIpc) is 2.75. The highest BCUT2D eigenvalue weighted by atomic mass is 79.9. The number of hydrogen-bond donors (Lipinski definition) is 0. The summed E-state index contributed by atoms with van der Waals surface area (Å²) >= 11 is 3.43. The topological polar surface area (TPSA) is 38.8 Å². The summed E-state index contributed by atoms with van der Waals surface area (Å²) < 4.78 is 11.0. The number of alkyl halides is 1. The highest BCUT2D eigenvalue weighted by Gasteiger charge is 2.35. The van der Waals surface area contributed by atoms with Gasteiger partial charge in [0.15, 0.2) is 0 Å². The van der Waals surface area contributed by atoms with Crippen LogP contribution in [-0.4, -0.2) is 54.1 Å². The molecule has 3 unspecified atom stereocenters. The van der Waals surface area contributed by atoms with Crippen LogP contribution in [0.1, 0.15) is 19.8 Å². The van der Waals surface area contributed by atoms with Gasteiger partial charge in [0, 0.05) is 11.9 Å². The van der Waals surface area contributed by atoms with E-state index in [2.05, 4.69) is 15.9 Å². The fourth-order valence-electron chi connectivity index (χ4n) is 2.24. The monoisotopic (exact) mass is 291 g/mol. The van der Waals surface area contributed by atoms with E-state index in [1.54, 1.807) is 0 Å². The van der Waals surface area contributed by atoms with Crippen molar-refractivity contribution in [1.82, 2.24) is 4.90 Å². The molecule has 5 heteroatoms. The first-order valence-electron chi connectivity index (χ1n) is 5.82. The lowest BCUT2D eigenvalue weighted by Crippen LogP contribution is -2.52. The molecule has 2 heterocycles. The van der Waals surface area contributed by atoms with Gasteiger partial charge in [-0.2, -0.15) is 0 Å². The van der Waals surface area contributed by atoms with Gasteiger partial charge in [0.2, 0.25) is 0 Å². The second kappa shape index (κ2) is 5.47. The van der Waals surface area contributed by atoms with Crippen molar-refractivity contribution in [3.05, 3.63) is 0 Å². The minimum atomic E-state index is -0.227. The van der Waals surface area contributed by atoms with Crippen LogP contribution in [0.5, 0.6) is 0 Å². The quantitative estimate of drug-likeness (QED) is 0.717. The van der Waals surface area contributed by atoms with Gasteiger partial charge in [0.25, 0.3) is 5.91 Å². The molecule has 0 aromatic heterocycles. The van der Waals surface area contributed by atoms with Crippen LogP contribution >= 0.6 is 15.9 Å². The van der Waals surface area contributed by atoms with Crippen LogP contribution < -0.4 is 0 Å². The number of nitrogens with zero attached hydrogens (tertiary/aromatic N) is 1. The Balaban J connectivity index is 1.96. The van der Waals surface area contributed by atoms with E-state index in [4.69, 9.17) is 9.47 Å². The van der Waals surface area contributed by atoms with E-state index in [1.165, 1.54) is 0 Å². The lowest BCUT2D eigenvalue weighted by molar-refractivity contribution is -0.150. The zero-order valence-electron chi connectivity index (χ0n) is 9.52. The summed E-state index contributed by atoms with van der Waals surface area (Å²) in [5, 5.41) is 0.765. The van der Waals surface area contributed by atoms with Crippen LogP contribution in [0.3, 0.4) is 0 Å². The molecule has 4 nitrogen and oxygen atoms in total. The molecule has 1 amide bonds. The van der Waals surface area contributed by atoms with Gasteiger partial charge in [-0.05, 0) is 19.8 Å². The summed E-state index contributed by atoms with van der Waals surface area (Å²) in [5.41, 5.74) is 0. The second-order valence-corrected chi connectivity index (χ2v) is 5.07. The minimum Gasteiger partial charge on any atom is -0.377 e. The number of carbonyl (C=O) groups excluding carboxylic acids is 1. The van der Waals surface area contributed by atoms with Gasteiger partial charge in [0.05, 0.1) is 25.4 Å². The molecule has 2 rings (SSSR count). The summed E-state index contributed by atoms with van der Waals surface area (Å²) in [6.45, 7) is 3.97. The van der Waals surface area contributed by atoms with Crippen molar-refractivity contribution < 1.29 is 14.3 Å². The zero-order chi connectivity index (χ0) is 11.5. The Hall–Kier alpha value is -0.130. The van der Waals surface area contributed by atoms with E-state index in [1.807, 2.05) is 11.8 Å². The second-order valence-electron chi connectivity index (χ2n) is 4.43. The summed E-state index contributed by atoms with van der Waals surface area (Å²) in [6.07, 6.45) is 1.83. The molecule has 2 aliphatic rings. The van der Waals surface area contributed by atoms with Crippen molar-refractivity contribution in [3.63, 3.8) is 0 Å². The molecule has 0 saturated carbocycles. The van der Waals surface area contributed by atoms with Crippen LogP contribution in [0.2, 0.25) is 0 Å². The molecule has 3 atom stereocenters. The fourth-order valence-corrected chi connectivity index (χ4v) is 2.78. The number of carbonyl (C=O) groups is 1. The van der Waals surface area contributed by atoms with Gasteiger partial charge >= 0.3 is 0 Å². The number of rotatable bonds is 2. The van der Waals surface area contributed by atoms with Crippen molar-refractivity contribution in [2.24, 2.45) is 0 Å². The summed E-state index contributed by atoms with van der Waals surface area (Å²) in [7, 11) is 0. The minimum absolute atomic E-state index is 0.136. The third-order valence-electron chi connectivity index (χ3n) is 3.20. The lowest BCUT2D eigenvalue weighted by atomic mass is 10.1. The van der Waals surface area contributed by atoms with E-state index in [9.17, 15) is 4.79 Å². The highest BCUT2D eigenvalue weighted by Crippen LogP contribution is 2.22. The normalized spacial score (nSPS) is 35.4. The molecular weight excluding hydrogens is 274 g/mol. The maximum atomic E-state index is 12.2. The molecular formula is C11H18BrNO3. The first-order chi connectivity index (χ1) is 7.72. The molecule has 2 fully saturated rings. The Kier molecular flexibility index (Phi) is 4.21. The van der Waals surface area contributed by atoms with Gasteiger partial charge in [-0.1, -0.05) is 15.9 Å². The molecule has 0 aromatic carbocycles. The predicted molar refractivity (Wildman–Crippen MR) is 63.7 cm³/mol. The van der Waals surface area contributed by atoms with Crippen LogP contribution in [0.15, 0.2) is 0 Å². The SMILES string of the molecule is CC1CCC(C(=O)N2CCOCC2CBr)O1. The van der Waals surface area contributed by atoms with Crippen LogP contribution in [0.25, 0.3) is 0 Å². The van der Waals surface area contributed by atoms with Crippen LogP contribution in [-0.2, 0) is 14.3 Å². The van der Waals surface area contributed by atoms with Gasteiger partial charge in [0.1, 0.15) is 6.10 Å². The number of ether oxygens (including phenoxy) is 2. The molecule has 92 valence electrons. The van der Waals surface area contributed by atoms with Crippen LogP contribution in [0.4, 0.5) is 0 Å². The molecule has 0 N–H and O–H groups in total. The van der Waals surface area contributed by atoms with Crippen molar-refractivity contribution in [2.45, 2.75) is 38.0 Å². The number of hydrogen-bond acceptors (Lipinski definition) is 3. The standard InChI is InChI=1S/C11H18BrNO3/c1-8-2-3-10(16-8)11(14)13-4-5-15-7-9(13)6-12/h8-10H,2-7H2,1H3. The Morgan fingerprint density at radius 3 is 2.94 bits per heavy atom. The molecule has 0 aliphatic carbocycles. The molecule has 0 radical (unpaired) electrons. The summed E-state index contributed by atoms with van der Waals surface area (Å²) in [5.74, 6) is 0.136. The molecule has 16 heavy (non-hydrogen) atoms. The van der Waals surface area contributed by atoms with E-state index in [-0.39, 0.29) is 24.2 Å². The molecule has 2 saturated heterocycles. The third-order valence-corrected chi connectivity index (χ3v) is 3.94. The van der Waals surface area contributed by atoms with E-state index in [0.29, 0.717) is 19.8 Å². The smallest absolute Gasteiger partial charge is 0.252 e.